The van der Waals surface area contributed by atoms with Crippen molar-refractivity contribution in [3.63, 3.8) is 0 Å². The number of nitrogens with one attached hydrogen (secondary N) is 1. The average Bonchev–Trinajstić information content (AvgIpc) is 2.86. The zero-order chi connectivity index (χ0) is 14.1. The summed E-state index contributed by atoms with van der Waals surface area (Å²) in [5.74, 6) is -1.77. The molecule has 0 amide bonds. The van der Waals surface area contributed by atoms with Crippen molar-refractivity contribution in [2.24, 2.45) is 0 Å². The Hall–Kier alpha value is -1.72. The highest BCUT2D eigenvalue weighted by Crippen LogP contribution is 2.26. The summed E-state index contributed by atoms with van der Waals surface area (Å²) in [4.78, 5) is 4.12. The third-order valence-electron chi connectivity index (χ3n) is 2.78. The molecule has 1 N–H and O–H groups in total. The van der Waals surface area contributed by atoms with Crippen LogP contribution in [0.15, 0.2) is 36.4 Å². The van der Waals surface area contributed by atoms with Gasteiger partial charge in [0.15, 0.2) is 11.6 Å². The predicted octanol–water partition coefficient (Wildman–Crippen LogP) is 4.84. The molecule has 0 saturated heterocycles. The second-order valence-corrected chi connectivity index (χ2v) is 5.73. The summed E-state index contributed by atoms with van der Waals surface area (Å²) in [5.41, 5.74) is 0.975. The number of hydrogen-bond acceptors (Lipinski definition) is 3. The maximum Gasteiger partial charge on any atom is 0.185 e. The standard InChI is InChI=1S/C14H9ClF2N2S/c15-8-1-3-9(4-2-8)18-7-12-19-14-11(20-12)6-5-10(16)13(14)17/h1-6,18H,7H2. The molecule has 0 fully saturated rings. The summed E-state index contributed by atoms with van der Waals surface area (Å²) in [6, 6.07) is 9.89. The molecule has 20 heavy (non-hydrogen) atoms. The Morgan fingerprint density at radius 1 is 1.10 bits per heavy atom. The van der Waals surface area contributed by atoms with E-state index in [1.807, 2.05) is 12.1 Å². The van der Waals surface area contributed by atoms with Gasteiger partial charge in [0.1, 0.15) is 10.5 Å². The zero-order valence-corrected chi connectivity index (χ0v) is 11.7. The first-order chi connectivity index (χ1) is 9.63. The Balaban J connectivity index is 1.81. The highest BCUT2D eigenvalue weighted by molar-refractivity contribution is 7.18. The summed E-state index contributed by atoms with van der Waals surface area (Å²) < 4.78 is 27.3. The number of hydrogen-bond donors (Lipinski definition) is 1. The summed E-state index contributed by atoms with van der Waals surface area (Å²) >= 11 is 7.14. The van der Waals surface area contributed by atoms with E-state index in [2.05, 4.69) is 10.3 Å². The topological polar surface area (TPSA) is 24.9 Å². The number of benzene rings is 2. The largest absolute Gasteiger partial charge is 0.379 e. The van der Waals surface area contributed by atoms with Crippen LogP contribution in [-0.4, -0.2) is 4.98 Å². The van der Waals surface area contributed by atoms with Gasteiger partial charge in [-0.25, -0.2) is 13.8 Å². The Kier molecular flexibility index (Phi) is 3.54. The number of thiazole rings is 1. The Bertz CT molecular complexity index is 756. The van der Waals surface area contributed by atoms with Gasteiger partial charge in [0.05, 0.1) is 11.2 Å². The maximum atomic E-state index is 13.6. The fourth-order valence-electron chi connectivity index (χ4n) is 1.80. The minimum atomic E-state index is -0.892. The second-order valence-electron chi connectivity index (χ2n) is 4.18. The quantitative estimate of drug-likeness (QED) is 0.748. The van der Waals surface area contributed by atoms with Crippen molar-refractivity contribution in [2.75, 3.05) is 5.32 Å². The lowest BCUT2D eigenvalue weighted by Crippen LogP contribution is -1.98. The van der Waals surface area contributed by atoms with Crippen LogP contribution in [0, 0.1) is 11.6 Å². The molecule has 0 aliphatic rings. The maximum absolute atomic E-state index is 13.6. The fraction of sp³-hybridized carbons (Fsp3) is 0.0714. The van der Waals surface area contributed by atoms with E-state index in [1.54, 1.807) is 12.1 Å². The molecule has 1 aromatic heterocycles. The molecule has 3 rings (SSSR count). The number of nitrogens with zero attached hydrogens (tertiary/aromatic N) is 1. The normalized spacial score (nSPS) is 10.9. The van der Waals surface area contributed by atoms with Crippen LogP contribution in [0.3, 0.4) is 0 Å². The second kappa shape index (κ2) is 5.34. The minimum Gasteiger partial charge on any atom is -0.379 e. The molecule has 0 aliphatic carbocycles. The van der Waals surface area contributed by atoms with Gasteiger partial charge in [-0.1, -0.05) is 11.6 Å². The molecule has 0 atom stereocenters. The lowest BCUT2D eigenvalue weighted by Gasteiger charge is -2.03. The zero-order valence-electron chi connectivity index (χ0n) is 10.2. The average molecular weight is 311 g/mol. The number of aromatic nitrogens is 1. The first kappa shape index (κ1) is 13.3. The van der Waals surface area contributed by atoms with Gasteiger partial charge in [-0.3, -0.25) is 0 Å². The van der Waals surface area contributed by atoms with Crippen LogP contribution in [0.2, 0.25) is 5.02 Å². The van der Waals surface area contributed by atoms with Crippen LogP contribution in [-0.2, 0) is 6.54 Å². The van der Waals surface area contributed by atoms with E-state index < -0.39 is 11.6 Å². The van der Waals surface area contributed by atoms with Crippen molar-refractivity contribution in [1.29, 1.82) is 0 Å². The monoisotopic (exact) mass is 310 g/mol. The summed E-state index contributed by atoms with van der Waals surface area (Å²) in [6.45, 7) is 0.446. The van der Waals surface area contributed by atoms with Crippen LogP contribution in [0.1, 0.15) is 5.01 Å². The first-order valence-electron chi connectivity index (χ1n) is 5.86. The summed E-state index contributed by atoms with van der Waals surface area (Å²) in [5, 5.41) is 4.51. The van der Waals surface area contributed by atoms with E-state index in [9.17, 15) is 8.78 Å². The van der Waals surface area contributed by atoms with Gasteiger partial charge in [-0.05, 0) is 36.4 Å². The number of anilines is 1. The van der Waals surface area contributed by atoms with Crippen molar-refractivity contribution < 1.29 is 8.78 Å². The van der Waals surface area contributed by atoms with Crippen molar-refractivity contribution >= 4 is 38.8 Å². The molecule has 1 heterocycles. The third-order valence-corrected chi connectivity index (χ3v) is 4.06. The molecule has 2 aromatic carbocycles. The third kappa shape index (κ3) is 2.59. The smallest absolute Gasteiger partial charge is 0.185 e. The van der Waals surface area contributed by atoms with Gasteiger partial charge in [0.2, 0.25) is 0 Å². The van der Waals surface area contributed by atoms with Crippen molar-refractivity contribution in [1.82, 2.24) is 4.98 Å². The SMILES string of the molecule is Fc1ccc2sc(CNc3ccc(Cl)cc3)nc2c1F. The molecule has 6 heteroatoms. The highest BCUT2D eigenvalue weighted by atomic mass is 35.5. The Labute approximate surface area is 123 Å². The van der Waals surface area contributed by atoms with Gasteiger partial charge >= 0.3 is 0 Å². The number of fused-ring (bicyclic) bond motifs is 1. The van der Waals surface area contributed by atoms with Gasteiger partial charge in [0.25, 0.3) is 0 Å². The predicted molar refractivity (Wildman–Crippen MR) is 78.3 cm³/mol. The molecule has 0 aliphatic heterocycles. The molecule has 102 valence electrons. The molecule has 3 aromatic rings. The molecule has 0 unspecified atom stereocenters. The van der Waals surface area contributed by atoms with Crippen LogP contribution in [0.4, 0.5) is 14.5 Å². The van der Waals surface area contributed by atoms with E-state index in [1.165, 1.54) is 17.4 Å². The van der Waals surface area contributed by atoms with Crippen LogP contribution >= 0.6 is 22.9 Å². The molecular formula is C14H9ClF2N2S. The van der Waals surface area contributed by atoms with Gasteiger partial charge in [0, 0.05) is 10.7 Å². The van der Waals surface area contributed by atoms with Crippen molar-refractivity contribution in [3.05, 3.63) is 58.1 Å². The molecule has 0 spiro atoms. The Morgan fingerprint density at radius 3 is 2.60 bits per heavy atom. The van der Waals surface area contributed by atoms with E-state index in [0.29, 0.717) is 21.3 Å². The van der Waals surface area contributed by atoms with Crippen molar-refractivity contribution in [3.8, 4) is 0 Å². The molecule has 0 radical (unpaired) electrons. The molecular weight excluding hydrogens is 302 g/mol. The minimum absolute atomic E-state index is 0.0860. The van der Waals surface area contributed by atoms with E-state index in [4.69, 9.17) is 11.6 Å². The van der Waals surface area contributed by atoms with Crippen LogP contribution < -0.4 is 5.32 Å². The van der Waals surface area contributed by atoms with Crippen LogP contribution in [0.25, 0.3) is 10.2 Å². The van der Waals surface area contributed by atoms with E-state index in [0.717, 1.165) is 11.8 Å². The molecule has 2 nitrogen and oxygen atoms in total. The van der Waals surface area contributed by atoms with Crippen LogP contribution in [0.5, 0.6) is 0 Å². The van der Waals surface area contributed by atoms with Gasteiger partial charge in [-0.2, -0.15) is 0 Å². The summed E-state index contributed by atoms with van der Waals surface area (Å²) in [7, 11) is 0. The lowest BCUT2D eigenvalue weighted by molar-refractivity contribution is 0.515. The van der Waals surface area contributed by atoms with Gasteiger partial charge < -0.3 is 5.32 Å². The Morgan fingerprint density at radius 2 is 1.85 bits per heavy atom. The first-order valence-corrected chi connectivity index (χ1v) is 7.06. The summed E-state index contributed by atoms with van der Waals surface area (Å²) in [6.07, 6.45) is 0. The number of rotatable bonds is 3. The van der Waals surface area contributed by atoms with E-state index >= 15 is 0 Å². The fourth-order valence-corrected chi connectivity index (χ4v) is 2.83. The molecule has 0 bridgehead atoms. The lowest BCUT2D eigenvalue weighted by atomic mass is 10.3. The van der Waals surface area contributed by atoms with Gasteiger partial charge in [-0.15, -0.1) is 11.3 Å². The highest BCUT2D eigenvalue weighted by Gasteiger charge is 2.12. The number of halogens is 3. The molecule has 0 saturated carbocycles. The van der Waals surface area contributed by atoms with E-state index in [-0.39, 0.29) is 5.52 Å². The van der Waals surface area contributed by atoms with Crippen molar-refractivity contribution in [2.45, 2.75) is 6.54 Å².